The van der Waals surface area contributed by atoms with Crippen molar-refractivity contribution in [3.05, 3.63) is 11.8 Å². The standard InChI is InChI=1S/C19H21F6N3O5/c20-18(21,22)32-11-2-1-10(5-11)30-6-13(29)26-17-7-16(17,8-17)15-28-27-14(31-15)9-3-12(4-9)33-19(23,24)25/h9-12H,1-8H2,(H,26,29). The SMILES string of the molecule is O=C(COC1CCC(OC(F)(F)F)C1)NC12CC1(c1nnc(C3CC(OC(F)(F)F)C3)o1)C2. The number of amides is 1. The average molecular weight is 485 g/mol. The normalized spacial score (nSPS) is 37.4. The number of alkyl halides is 6. The van der Waals surface area contributed by atoms with E-state index in [1.807, 2.05) is 0 Å². The molecule has 0 aliphatic heterocycles. The van der Waals surface area contributed by atoms with Gasteiger partial charge in [0, 0.05) is 12.3 Å². The van der Waals surface area contributed by atoms with Crippen LogP contribution in [0.4, 0.5) is 26.3 Å². The number of nitrogens with zero attached hydrogens (tertiary/aromatic N) is 2. The number of carbonyl (C=O) groups excluding carboxylic acids is 1. The molecule has 0 bridgehead atoms. The van der Waals surface area contributed by atoms with Crippen molar-refractivity contribution in [2.24, 2.45) is 0 Å². The van der Waals surface area contributed by atoms with Crippen LogP contribution in [0.1, 0.15) is 62.6 Å². The molecule has 1 aromatic rings. The quantitative estimate of drug-likeness (QED) is 0.565. The van der Waals surface area contributed by atoms with Gasteiger partial charge in [0.15, 0.2) is 0 Å². The van der Waals surface area contributed by atoms with E-state index >= 15 is 0 Å². The summed E-state index contributed by atoms with van der Waals surface area (Å²) in [6.45, 7) is -0.279. The molecule has 1 aromatic heterocycles. The Labute approximate surface area is 183 Å². The van der Waals surface area contributed by atoms with E-state index in [9.17, 15) is 31.1 Å². The monoisotopic (exact) mass is 485 g/mol. The van der Waals surface area contributed by atoms with Gasteiger partial charge in [-0.3, -0.25) is 14.3 Å². The van der Waals surface area contributed by atoms with Gasteiger partial charge in [-0.05, 0) is 38.5 Å². The number of hydrogen-bond acceptors (Lipinski definition) is 7. The van der Waals surface area contributed by atoms with Crippen molar-refractivity contribution >= 4 is 5.91 Å². The number of aromatic nitrogens is 2. The first kappa shape index (κ1) is 22.8. The summed E-state index contributed by atoms with van der Waals surface area (Å²) in [5.41, 5.74) is -0.963. The van der Waals surface area contributed by atoms with E-state index in [0.29, 0.717) is 25.2 Å². The van der Waals surface area contributed by atoms with Crippen LogP contribution in [0.5, 0.6) is 0 Å². The minimum Gasteiger partial charge on any atom is -0.424 e. The lowest BCUT2D eigenvalue weighted by atomic mass is 9.82. The predicted octanol–water partition coefficient (Wildman–Crippen LogP) is 3.23. The van der Waals surface area contributed by atoms with Gasteiger partial charge in [0.05, 0.1) is 29.3 Å². The van der Waals surface area contributed by atoms with Crippen molar-refractivity contribution in [2.45, 2.75) is 92.9 Å². The highest BCUT2D eigenvalue weighted by molar-refractivity contribution is 5.81. The van der Waals surface area contributed by atoms with Gasteiger partial charge < -0.3 is 14.5 Å². The number of fused-ring (bicyclic) bond motifs is 1. The summed E-state index contributed by atoms with van der Waals surface area (Å²) in [7, 11) is 0. The maximum atomic E-state index is 12.3. The second-order valence-corrected chi connectivity index (χ2v) is 9.30. The van der Waals surface area contributed by atoms with Gasteiger partial charge in [-0.15, -0.1) is 36.5 Å². The molecule has 4 saturated carbocycles. The van der Waals surface area contributed by atoms with Crippen LogP contribution in [-0.4, -0.2) is 59.3 Å². The highest BCUT2D eigenvalue weighted by atomic mass is 19.4. The summed E-state index contributed by atoms with van der Waals surface area (Å²) in [6.07, 6.45) is -9.58. The molecule has 1 N–H and O–H groups in total. The van der Waals surface area contributed by atoms with Crippen molar-refractivity contribution in [3.63, 3.8) is 0 Å². The van der Waals surface area contributed by atoms with Crippen molar-refractivity contribution < 1.29 is 49.8 Å². The summed E-state index contributed by atoms with van der Waals surface area (Å²) >= 11 is 0. The fourth-order valence-electron chi connectivity index (χ4n) is 4.94. The third-order valence-corrected chi connectivity index (χ3v) is 6.93. The van der Waals surface area contributed by atoms with Crippen LogP contribution in [0.15, 0.2) is 4.42 Å². The molecule has 2 unspecified atom stereocenters. The van der Waals surface area contributed by atoms with Crippen molar-refractivity contribution in [1.29, 1.82) is 0 Å². The van der Waals surface area contributed by atoms with Gasteiger partial charge >= 0.3 is 12.7 Å². The van der Waals surface area contributed by atoms with E-state index < -0.39 is 42.0 Å². The second kappa shape index (κ2) is 7.54. The molecule has 4 fully saturated rings. The lowest BCUT2D eigenvalue weighted by Crippen LogP contribution is -2.35. The Morgan fingerprint density at radius 3 is 2.27 bits per heavy atom. The van der Waals surface area contributed by atoms with E-state index in [0.717, 1.165) is 0 Å². The van der Waals surface area contributed by atoms with Crippen LogP contribution in [0.2, 0.25) is 0 Å². The summed E-state index contributed by atoms with van der Waals surface area (Å²) in [4.78, 5) is 12.3. The average Bonchev–Trinajstić information content (AvgIpc) is 3.20. The van der Waals surface area contributed by atoms with Crippen LogP contribution >= 0.6 is 0 Å². The fourth-order valence-corrected chi connectivity index (χ4v) is 4.94. The summed E-state index contributed by atoms with van der Waals surface area (Å²) < 4.78 is 92.6. The van der Waals surface area contributed by atoms with Gasteiger partial charge in [0.1, 0.15) is 6.61 Å². The van der Waals surface area contributed by atoms with Gasteiger partial charge in [0.25, 0.3) is 0 Å². The molecule has 0 radical (unpaired) electrons. The van der Waals surface area contributed by atoms with E-state index in [1.165, 1.54) is 0 Å². The Hall–Kier alpha value is -1.93. The molecule has 14 heteroatoms. The van der Waals surface area contributed by atoms with Crippen molar-refractivity contribution in [3.8, 4) is 0 Å². The molecular formula is C19H21F6N3O5. The zero-order valence-electron chi connectivity index (χ0n) is 17.2. The molecule has 1 amide bonds. The molecule has 4 aliphatic carbocycles. The molecule has 1 heterocycles. The third-order valence-electron chi connectivity index (χ3n) is 6.93. The minimum atomic E-state index is -4.69. The lowest BCUT2D eigenvalue weighted by molar-refractivity contribution is -0.352. The molecule has 33 heavy (non-hydrogen) atoms. The maximum Gasteiger partial charge on any atom is 0.522 e. The number of rotatable bonds is 8. The maximum absolute atomic E-state index is 12.3. The molecular weight excluding hydrogens is 464 g/mol. The zero-order chi connectivity index (χ0) is 23.6. The summed E-state index contributed by atoms with van der Waals surface area (Å²) in [5, 5.41) is 10.8. The first-order valence-corrected chi connectivity index (χ1v) is 10.6. The largest absolute Gasteiger partial charge is 0.522 e. The van der Waals surface area contributed by atoms with Gasteiger partial charge in [-0.2, -0.15) is 0 Å². The first-order chi connectivity index (χ1) is 15.4. The predicted molar refractivity (Wildman–Crippen MR) is 93.5 cm³/mol. The van der Waals surface area contributed by atoms with E-state index in [1.54, 1.807) is 0 Å². The van der Waals surface area contributed by atoms with Crippen LogP contribution in [0, 0.1) is 0 Å². The molecule has 0 saturated heterocycles. The van der Waals surface area contributed by atoms with E-state index in [2.05, 4.69) is 25.0 Å². The second-order valence-electron chi connectivity index (χ2n) is 9.30. The lowest BCUT2D eigenvalue weighted by Gasteiger charge is -2.32. The molecule has 184 valence electrons. The van der Waals surface area contributed by atoms with E-state index in [4.69, 9.17) is 9.15 Å². The first-order valence-electron chi connectivity index (χ1n) is 10.6. The summed E-state index contributed by atoms with van der Waals surface area (Å²) in [6, 6.07) is 0. The molecule has 8 nitrogen and oxygen atoms in total. The highest BCUT2D eigenvalue weighted by Crippen LogP contribution is 2.78. The number of halogens is 6. The molecule has 4 aliphatic rings. The number of hydrogen-bond donors (Lipinski definition) is 1. The Kier molecular flexibility index (Phi) is 5.22. The fraction of sp³-hybridized carbons (Fsp3) is 0.842. The zero-order valence-corrected chi connectivity index (χ0v) is 17.2. The Morgan fingerprint density at radius 2 is 1.61 bits per heavy atom. The van der Waals surface area contributed by atoms with E-state index in [-0.39, 0.29) is 50.0 Å². The highest BCUT2D eigenvalue weighted by Gasteiger charge is 2.87. The Morgan fingerprint density at radius 1 is 0.970 bits per heavy atom. The molecule has 5 rings (SSSR count). The van der Waals surface area contributed by atoms with Crippen LogP contribution in [-0.2, 0) is 24.4 Å². The van der Waals surface area contributed by atoms with Gasteiger partial charge in [-0.25, -0.2) is 0 Å². The molecule has 0 aromatic carbocycles. The third kappa shape index (κ3) is 4.69. The van der Waals surface area contributed by atoms with Crippen molar-refractivity contribution in [2.75, 3.05) is 6.61 Å². The number of ether oxygens (including phenoxy) is 3. The van der Waals surface area contributed by atoms with Crippen LogP contribution in [0.25, 0.3) is 0 Å². The Bertz CT molecular complexity index is 906. The molecule has 0 spiro atoms. The molecule has 2 atom stereocenters. The van der Waals surface area contributed by atoms with Gasteiger partial charge in [0.2, 0.25) is 17.7 Å². The topological polar surface area (TPSA) is 95.7 Å². The van der Waals surface area contributed by atoms with Gasteiger partial charge in [-0.1, -0.05) is 0 Å². The van der Waals surface area contributed by atoms with Crippen LogP contribution in [0.3, 0.4) is 0 Å². The van der Waals surface area contributed by atoms with Crippen LogP contribution < -0.4 is 5.32 Å². The van der Waals surface area contributed by atoms with Crippen molar-refractivity contribution in [1.82, 2.24) is 15.5 Å². The minimum absolute atomic E-state index is 0.0721. The number of nitrogens with one attached hydrogen (secondary N) is 1. The summed E-state index contributed by atoms with van der Waals surface area (Å²) in [5.74, 6) is -0.0654. The smallest absolute Gasteiger partial charge is 0.424 e. The Balaban J connectivity index is 1.05. The number of carbonyl (C=O) groups is 1.